The van der Waals surface area contributed by atoms with Gasteiger partial charge in [-0.1, -0.05) is 233 Å². The smallest absolute Gasteiger partial charge is 0.0533 e. The highest BCUT2D eigenvalue weighted by Crippen LogP contribution is 2.15. The molecule has 0 aliphatic carbocycles. The van der Waals surface area contributed by atoms with Crippen molar-refractivity contribution in [3.63, 3.8) is 0 Å². The molecule has 0 aliphatic heterocycles. The fourth-order valence-corrected chi connectivity index (χ4v) is 5.24. The van der Waals surface area contributed by atoms with Crippen molar-refractivity contribution in [1.82, 2.24) is 0 Å². The summed E-state index contributed by atoms with van der Waals surface area (Å²) in [5, 5.41) is 0. The Morgan fingerprint density at radius 3 is 0.306 bits per heavy atom. The monoisotopic (exact) mass is 509 g/mol. The van der Waals surface area contributed by atoms with Crippen LogP contribution in [0.1, 0.15) is 233 Å². The molecule has 0 saturated carbocycles. The third-order valence-electron chi connectivity index (χ3n) is 7.91. The summed E-state index contributed by atoms with van der Waals surface area (Å²) in [5.74, 6) is 0. The van der Waals surface area contributed by atoms with Crippen LogP contribution >= 0.6 is 0 Å². The molecule has 0 aromatic heterocycles. The molecule has 0 saturated heterocycles. The summed E-state index contributed by atoms with van der Waals surface area (Å²) in [7, 11) is 0. The first kappa shape index (κ1) is 38.1. The predicted octanol–water partition coefficient (Wildman–Crippen LogP) is 14.5. The van der Waals surface area contributed by atoms with E-state index in [0.717, 1.165) is 0 Å². The van der Waals surface area contributed by atoms with Crippen LogP contribution in [0.15, 0.2) is 0 Å². The Kier molecular flexibility index (Phi) is 41.9. The molecular weight excluding hydrogens is 432 g/mol. The van der Waals surface area contributed by atoms with Crippen molar-refractivity contribution in [3.05, 3.63) is 0 Å². The molecule has 0 aromatic carbocycles. The van der Waals surface area contributed by atoms with Gasteiger partial charge in [-0.3, -0.25) is 0 Å². The van der Waals surface area contributed by atoms with Crippen LogP contribution in [0, 0.1) is 0 Å². The van der Waals surface area contributed by atoms with Gasteiger partial charge in [0.2, 0.25) is 0 Å². The van der Waals surface area contributed by atoms with Gasteiger partial charge in [-0.15, -0.1) is 0 Å². The fraction of sp³-hybridized carbons (Fsp3) is 1.00. The first-order chi connectivity index (χ1) is 17.8. The Bertz CT molecular complexity index is 288. The molecule has 0 spiro atoms. The first-order valence-electron chi connectivity index (χ1n) is 17.8. The molecule has 220 valence electrons. The molecule has 0 heterocycles. The predicted molar refractivity (Wildman–Crippen MR) is 170 cm³/mol. The molecule has 0 amide bonds. The van der Waals surface area contributed by atoms with Crippen molar-refractivity contribution in [2.24, 2.45) is 0 Å². The quantitative estimate of drug-likeness (QED) is 0.0846. The van der Waals surface area contributed by atoms with Gasteiger partial charge in [0.15, 0.2) is 0 Å². The zero-order valence-corrected chi connectivity index (χ0v) is 26.6. The van der Waals surface area contributed by atoms with Crippen LogP contribution in [-0.2, 0) is 0 Å². The van der Waals surface area contributed by atoms with E-state index in [1.165, 1.54) is 205 Å². The Morgan fingerprint density at radius 2 is 0.222 bits per heavy atom. The van der Waals surface area contributed by atoms with Crippen molar-refractivity contribution in [2.75, 3.05) is 0 Å². The average Bonchev–Trinajstić information content (AvgIpc) is 2.89. The van der Waals surface area contributed by atoms with Crippen LogP contribution in [-0.4, -0.2) is 0 Å². The summed E-state index contributed by atoms with van der Waals surface area (Å²) in [4.78, 5) is 0. The third-order valence-corrected chi connectivity index (χ3v) is 7.91. The third kappa shape index (κ3) is 41.1. The van der Waals surface area contributed by atoms with Gasteiger partial charge in [0.25, 0.3) is 0 Å². The Morgan fingerprint density at radius 1 is 0.139 bits per heavy atom. The van der Waals surface area contributed by atoms with Crippen LogP contribution in [0.4, 0.5) is 0 Å². The normalized spacial score (nSPS) is 11.0. The van der Waals surface area contributed by atoms with E-state index in [-0.39, 0.29) is 0 Å². The number of unbranched alkanes of at least 4 members (excludes halogenated alkanes) is 30. The molecule has 0 radical (unpaired) electrons. The van der Waals surface area contributed by atoms with Gasteiger partial charge in [-0.25, -0.2) is 0 Å². The lowest BCUT2D eigenvalue weighted by molar-refractivity contribution is 0.516. The molecule has 0 unspecified atom stereocenters. The summed E-state index contributed by atoms with van der Waals surface area (Å²) in [6.07, 6.45) is 46.9. The molecule has 36 heavy (non-hydrogen) atoms. The Labute approximate surface area is 233 Å². The lowest BCUT2D eigenvalue weighted by atomic mass is 10.0. The van der Waals surface area contributed by atoms with E-state index < -0.39 is 0 Å². The van der Waals surface area contributed by atoms with Gasteiger partial charge in [0.05, 0.1) is 0 Å². The van der Waals surface area contributed by atoms with Crippen molar-refractivity contribution < 1.29 is 0 Å². The van der Waals surface area contributed by atoms with E-state index in [0.29, 0.717) is 0 Å². The molecule has 0 aromatic rings. The fourth-order valence-electron chi connectivity index (χ4n) is 5.24. The highest BCUT2D eigenvalue weighted by atomic mass is 14.0. The van der Waals surface area contributed by atoms with Crippen molar-refractivity contribution >= 4 is 0 Å². The molecule has 0 N–H and O–H groups in total. The minimum Gasteiger partial charge on any atom is -0.0654 e. The summed E-state index contributed by atoms with van der Waals surface area (Å²) in [6, 6.07) is 0. The maximum atomic E-state index is 2.30. The minimum atomic E-state index is 1.36. The van der Waals surface area contributed by atoms with E-state index in [2.05, 4.69) is 27.7 Å². The summed E-state index contributed by atoms with van der Waals surface area (Å²) in [5.41, 5.74) is 0. The van der Waals surface area contributed by atoms with E-state index >= 15 is 0 Å². The zero-order valence-electron chi connectivity index (χ0n) is 26.6. The van der Waals surface area contributed by atoms with Gasteiger partial charge in [0.1, 0.15) is 0 Å². The van der Waals surface area contributed by atoms with Crippen molar-refractivity contribution in [1.29, 1.82) is 0 Å². The standard InChI is InChI=1S/C28H58.C8H18/c1-3-5-7-9-11-13-15-17-19-21-23-25-27-28-26-24-22-20-18-16-14-12-10-8-6-4-2;1-3-5-7-8-6-4-2/h3-28H2,1-2H3;3-8H2,1-2H3. The Hall–Kier alpha value is 0. The molecule has 0 nitrogen and oxygen atoms in total. The number of rotatable bonds is 30. The van der Waals surface area contributed by atoms with Gasteiger partial charge in [0, 0.05) is 0 Å². The summed E-state index contributed by atoms with van der Waals surface area (Å²) >= 11 is 0. The van der Waals surface area contributed by atoms with Gasteiger partial charge in [-0.05, 0) is 0 Å². The number of hydrogen-bond donors (Lipinski definition) is 0. The molecule has 0 rings (SSSR count). The molecule has 0 aliphatic rings. The highest BCUT2D eigenvalue weighted by Gasteiger charge is 1.96. The largest absolute Gasteiger partial charge is 0.0654 e. The van der Waals surface area contributed by atoms with Gasteiger partial charge >= 0.3 is 0 Å². The topological polar surface area (TPSA) is 0 Å². The SMILES string of the molecule is CCCCCCCC.CCCCCCCCCCCCCCCCCCCCCCCCCCCC. The molecular formula is C36H76. The second-order valence-electron chi connectivity index (χ2n) is 11.9. The first-order valence-corrected chi connectivity index (χ1v) is 17.8. The molecule has 0 atom stereocenters. The van der Waals surface area contributed by atoms with Crippen LogP contribution < -0.4 is 0 Å². The summed E-state index contributed by atoms with van der Waals surface area (Å²) in [6.45, 7) is 9.12. The lowest BCUT2D eigenvalue weighted by Gasteiger charge is -2.04. The van der Waals surface area contributed by atoms with Crippen LogP contribution in [0.25, 0.3) is 0 Å². The van der Waals surface area contributed by atoms with Crippen molar-refractivity contribution in [2.45, 2.75) is 233 Å². The van der Waals surface area contributed by atoms with Crippen LogP contribution in [0.2, 0.25) is 0 Å². The zero-order chi connectivity index (χ0) is 26.6. The Balaban J connectivity index is 0. The molecule has 0 fully saturated rings. The van der Waals surface area contributed by atoms with Crippen molar-refractivity contribution in [3.8, 4) is 0 Å². The van der Waals surface area contributed by atoms with E-state index in [1.807, 2.05) is 0 Å². The average molecular weight is 509 g/mol. The van der Waals surface area contributed by atoms with Gasteiger partial charge < -0.3 is 0 Å². The maximum absolute atomic E-state index is 2.30. The number of hydrogen-bond acceptors (Lipinski definition) is 0. The van der Waals surface area contributed by atoms with E-state index in [4.69, 9.17) is 0 Å². The maximum Gasteiger partial charge on any atom is -0.0533 e. The lowest BCUT2D eigenvalue weighted by Crippen LogP contribution is -1.84. The van der Waals surface area contributed by atoms with Crippen LogP contribution in [0.5, 0.6) is 0 Å². The molecule has 0 heteroatoms. The molecule has 0 bridgehead atoms. The van der Waals surface area contributed by atoms with Crippen LogP contribution in [0.3, 0.4) is 0 Å². The highest BCUT2D eigenvalue weighted by molar-refractivity contribution is 4.51. The second-order valence-corrected chi connectivity index (χ2v) is 11.9. The second kappa shape index (κ2) is 39.5. The van der Waals surface area contributed by atoms with Gasteiger partial charge in [-0.2, -0.15) is 0 Å². The minimum absolute atomic E-state index is 1.36. The van der Waals surface area contributed by atoms with E-state index in [1.54, 1.807) is 0 Å². The summed E-state index contributed by atoms with van der Waals surface area (Å²) < 4.78 is 0. The van der Waals surface area contributed by atoms with E-state index in [9.17, 15) is 0 Å².